The number of para-hydroxylation sites is 1. The molecule has 0 bridgehead atoms. The van der Waals surface area contributed by atoms with Gasteiger partial charge in [-0.2, -0.15) is 0 Å². The number of hydrogen-bond acceptors (Lipinski definition) is 5. The standard InChI is InChI=1S/C22H31N5O3/c1-2-17-8-5-6-12-26(17)13-7-11-23-20(28)14-24-21(29)15-27-16-25-19-10-4-3-9-18(19)22(27)30/h3-4,9-10,16-17H,2,5-8,11-15H2,1H3,(H,23,28)(H,24,29)/t17-/m0/s1. The molecule has 2 aromatic rings. The van der Waals surface area contributed by atoms with Gasteiger partial charge in [-0.25, -0.2) is 4.98 Å². The van der Waals surface area contributed by atoms with Crippen LogP contribution in [0, 0.1) is 0 Å². The van der Waals surface area contributed by atoms with Gasteiger partial charge in [0.1, 0.15) is 6.54 Å². The van der Waals surface area contributed by atoms with Gasteiger partial charge >= 0.3 is 0 Å². The molecule has 3 rings (SSSR count). The van der Waals surface area contributed by atoms with Crippen LogP contribution in [-0.4, -0.2) is 58.5 Å². The van der Waals surface area contributed by atoms with Gasteiger partial charge in [-0.3, -0.25) is 19.0 Å². The highest BCUT2D eigenvalue weighted by atomic mass is 16.2. The van der Waals surface area contributed by atoms with Crippen molar-refractivity contribution < 1.29 is 9.59 Å². The molecule has 1 atom stereocenters. The Hall–Kier alpha value is -2.74. The molecule has 162 valence electrons. The fourth-order valence-electron chi connectivity index (χ4n) is 4.00. The number of rotatable bonds is 9. The third kappa shape index (κ3) is 5.89. The van der Waals surface area contributed by atoms with Crippen LogP contribution in [-0.2, 0) is 16.1 Å². The lowest BCUT2D eigenvalue weighted by atomic mass is 10.00. The molecule has 0 spiro atoms. The highest BCUT2D eigenvalue weighted by Crippen LogP contribution is 2.19. The molecule has 0 radical (unpaired) electrons. The summed E-state index contributed by atoms with van der Waals surface area (Å²) >= 11 is 0. The third-order valence-corrected chi connectivity index (χ3v) is 5.66. The molecule has 2 amide bonds. The largest absolute Gasteiger partial charge is 0.355 e. The van der Waals surface area contributed by atoms with Gasteiger partial charge < -0.3 is 15.5 Å². The average molecular weight is 414 g/mol. The highest BCUT2D eigenvalue weighted by Gasteiger charge is 2.19. The third-order valence-electron chi connectivity index (χ3n) is 5.66. The monoisotopic (exact) mass is 413 g/mol. The average Bonchev–Trinajstić information content (AvgIpc) is 2.77. The molecule has 8 nitrogen and oxygen atoms in total. The van der Waals surface area contributed by atoms with E-state index < -0.39 is 5.91 Å². The van der Waals surface area contributed by atoms with Crippen LogP contribution < -0.4 is 16.2 Å². The van der Waals surface area contributed by atoms with Gasteiger partial charge in [0.15, 0.2) is 0 Å². The van der Waals surface area contributed by atoms with Crippen LogP contribution in [0.4, 0.5) is 0 Å². The van der Waals surface area contributed by atoms with Crippen LogP contribution in [0.3, 0.4) is 0 Å². The summed E-state index contributed by atoms with van der Waals surface area (Å²) in [4.78, 5) is 43.2. The number of amides is 2. The van der Waals surface area contributed by atoms with E-state index in [2.05, 4.69) is 27.4 Å². The van der Waals surface area contributed by atoms with E-state index in [1.807, 2.05) is 0 Å². The number of piperidine rings is 1. The molecule has 1 aromatic carbocycles. The summed E-state index contributed by atoms with van der Waals surface area (Å²) in [6.45, 7) is 4.69. The number of nitrogens with zero attached hydrogens (tertiary/aromatic N) is 3. The number of hydrogen-bond donors (Lipinski definition) is 2. The number of carbonyl (C=O) groups is 2. The van der Waals surface area contributed by atoms with E-state index >= 15 is 0 Å². The van der Waals surface area contributed by atoms with Gasteiger partial charge in [0.25, 0.3) is 5.56 Å². The minimum atomic E-state index is -0.400. The molecule has 8 heteroatoms. The van der Waals surface area contributed by atoms with Crippen LogP contribution >= 0.6 is 0 Å². The summed E-state index contributed by atoms with van der Waals surface area (Å²) in [6.07, 6.45) is 7.26. The lowest BCUT2D eigenvalue weighted by Gasteiger charge is -2.35. The maximum Gasteiger partial charge on any atom is 0.261 e. The summed E-state index contributed by atoms with van der Waals surface area (Å²) in [7, 11) is 0. The van der Waals surface area contributed by atoms with Crippen LogP contribution in [0.25, 0.3) is 10.9 Å². The lowest BCUT2D eigenvalue weighted by Crippen LogP contribution is -2.42. The molecule has 0 aliphatic carbocycles. The Morgan fingerprint density at radius 3 is 2.83 bits per heavy atom. The summed E-state index contributed by atoms with van der Waals surface area (Å²) in [5.41, 5.74) is 0.316. The van der Waals surface area contributed by atoms with Crippen molar-refractivity contribution >= 4 is 22.7 Å². The molecule has 1 aliphatic rings. The predicted molar refractivity (Wildman–Crippen MR) is 116 cm³/mol. The van der Waals surface area contributed by atoms with Crippen LogP contribution in [0.5, 0.6) is 0 Å². The summed E-state index contributed by atoms with van der Waals surface area (Å²) in [5, 5.41) is 5.88. The number of nitrogens with one attached hydrogen (secondary N) is 2. The van der Waals surface area contributed by atoms with E-state index in [0.29, 0.717) is 23.5 Å². The Labute approximate surface area is 176 Å². The van der Waals surface area contributed by atoms with Gasteiger partial charge in [-0.05, 0) is 44.4 Å². The maximum absolute atomic E-state index is 12.4. The van der Waals surface area contributed by atoms with Gasteiger partial charge in [0.05, 0.1) is 23.8 Å². The van der Waals surface area contributed by atoms with Crippen molar-refractivity contribution in [2.45, 2.75) is 51.6 Å². The minimum absolute atomic E-state index is 0.101. The first kappa shape index (κ1) is 22.0. The summed E-state index contributed by atoms with van der Waals surface area (Å²) in [6, 6.07) is 7.66. The van der Waals surface area contributed by atoms with Crippen LogP contribution in [0.1, 0.15) is 39.0 Å². The van der Waals surface area contributed by atoms with Crippen molar-refractivity contribution in [3.05, 3.63) is 40.9 Å². The SMILES string of the molecule is CC[C@H]1CCCCN1CCCNC(=O)CNC(=O)Cn1cnc2ccccc2c1=O. The molecule has 0 unspecified atom stereocenters. The molecular weight excluding hydrogens is 382 g/mol. The number of likely N-dealkylation sites (tertiary alicyclic amines) is 1. The second-order valence-corrected chi connectivity index (χ2v) is 7.77. The fraction of sp³-hybridized carbons (Fsp3) is 0.545. The Kier molecular flexibility index (Phi) is 7.96. The Morgan fingerprint density at radius 2 is 2.00 bits per heavy atom. The quantitative estimate of drug-likeness (QED) is 0.604. The van der Waals surface area contributed by atoms with E-state index in [1.54, 1.807) is 24.3 Å². The first-order chi connectivity index (χ1) is 14.6. The molecule has 1 saturated heterocycles. The molecule has 2 N–H and O–H groups in total. The van der Waals surface area contributed by atoms with Crippen LogP contribution in [0.15, 0.2) is 35.4 Å². The molecule has 1 fully saturated rings. The summed E-state index contributed by atoms with van der Waals surface area (Å²) < 4.78 is 1.25. The number of carbonyl (C=O) groups excluding carboxylic acids is 2. The van der Waals surface area contributed by atoms with Crippen molar-refractivity contribution in [2.75, 3.05) is 26.2 Å². The molecular formula is C22H31N5O3. The van der Waals surface area contributed by atoms with E-state index in [4.69, 9.17) is 0 Å². The van der Waals surface area contributed by atoms with Crippen molar-refractivity contribution in [3.8, 4) is 0 Å². The predicted octanol–water partition coefficient (Wildman–Crippen LogP) is 1.28. The maximum atomic E-state index is 12.4. The molecule has 2 heterocycles. The molecule has 1 aromatic heterocycles. The van der Waals surface area contributed by atoms with E-state index in [0.717, 1.165) is 19.5 Å². The first-order valence-corrected chi connectivity index (χ1v) is 10.8. The number of aromatic nitrogens is 2. The fourth-order valence-corrected chi connectivity index (χ4v) is 4.00. The van der Waals surface area contributed by atoms with Gasteiger partial charge in [0, 0.05) is 19.1 Å². The van der Waals surface area contributed by atoms with Gasteiger partial charge in [0.2, 0.25) is 11.8 Å². The number of fused-ring (bicyclic) bond motifs is 1. The Bertz CT molecular complexity index is 926. The highest BCUT2D eigenvalue weighted by molar-refractivity contribution is 5.84. The molecule has 30 heavy (non-hydrogen) atoms. The van der Waals surface area contributed by atoms with E-state index in [9.17, 15) is 14.4 Å². The van der Waals surface area contributed by atoms with E-state index in [-0.39, 0.29) is 24.6 Å². The van der Waals surface area contributed by atoms with Crippen molar-refractivity contribution in [3.63, 3.8) is 0 Å². The first-order valence-electron chi connectivity index (χ1n) is 10.8. The Morgan fingerprint density at radius 1 is 1.17 bits per heavy atom. The normalized spacial score (nSPS) is 17.0. The second-order valence-electron chi connectivity index (χ2n) is 7.77. The second kappa shape index (κ2) is 10.9. The van der Waals surface area contributed by atoms with Gasteiger partial charge in [-0.15, -0.1) is 0 Å². The molecule has 0 saturated carbocycles. The van der Waals surface area contributed by atoms with Crippen molar-refractivity contribution in [1.82, 2.24) is 25.1 Å². The lowest BCUT2D eigenvalue weighted by molar-refractivity contribution is -0.126. The zero-order valence-electron chi connectivity index (χ0n) is 17.6. The minimum Gasteiger partial charge on any atom is -0.355 e. The zero-order chi connectivity index (χ0) is 21.3. The smallest absolute Gasteiger partial charge is 0.261 e. The van der Waals surface area contributed by atoms with Crippen molar-refractivity contribution in [1.29, 1.82) is 0 Å². The Balaban J connectivity index is 1.37. The van der Waals surface area contributed by atoms with Crippen LogP contribution in [0.2, 0.25) is 0 Å². The molecule has 1 aliphatic heterocycles. The summed E-state index contributed by atoms with van der Waals surface area (Å²) in [5.74, 6) is -0.624. The van der Waals surface area contributed by atoms with Crippen molar-refractivity contribution in [2.24, 2.45) is 0 Å². The number of benzene rings is 1. The van der Waals surface area contributed by atoms with Gasteiger partial charge in [-0.1, -0.05) is 25.5 Å². The topological polar surface area (TPSA) is 96.3 Å². The van der Waals surface area contributed by atoms with E-state index in [1.165, 1.54) is 36.6 Å². The zero-order valence-corrected chi connectivity index (χ0v) is 17.6.